The van der Waals surface area contributed by atoms with Gasteiger partial charge in [-0.05, 0) is 25.0 Å². The maximum atomic E-state index is 11.8. The normalized spacial score (nSPS) is 14.8. The van der Waals surface area contributed by atoms with Gasteiger partial charge in [-0.25, -0.2) is 9.78 Å². The van der Waals surface area contributed by atoms with E-state index < -0.39 is 5.60 Å². The molecule has 0 fully saturated rings. The zero-order valence-corrected chi connectivity index (χ0v) is 14.2. The summed E-state index contributed by atoms with van der Waals surface area (Å²) >= 11 is 0. The number of hydrogen-bond acceptors (Lipinski definition) is 4. The number of nitrogens with one attached hydrogen (secondary N) is 2. The summed E-state index contributed by atoms with van der Waals surface area (Å²) in [6, 6.07) is 5.38. The van der Waals surface area contributed by atoms with Crippen molar-refractivity contribution in [3.8, 4) is 0 Å². The molecule has 0 bridgehead atoms. The van der Waals surface area contributed by atoms with Gasteiger partial charge in [0, 0.05) is 20.6 Å². The number of amides is 2. The van der Waals surface area contributed by atoms with Gasteiger partial charge >= 0.3 is 6.03 Å². The van der Waals surface area contributed by atoms with Gasteiger partial charge in [0.1, 0.15) is 5.82 Å². The third kappa shape index (κ3) is 5.52. The second kappa shape index (κ2) is 7.98. The van der Waals surface area contributed by atoms with Crippen molar-refractivity contribution < 1.29 is 9.90 Å². The van der Waals surface area contributed by atoms with E-state index in [1.54, 1.807) is 6.92 Å². The largest absolute Gasteiger partial charge is 0.388 e. The van der Waals surface area contributed by atoms with Crippen molar-refractivity contribution in [2.45, 2.75) is 39.3 Å². The molecular weight excluding hydrogens is 280 g/mol. The molecule has 0 saturated carbocycles. The summed E-state index contributed by atoms with van der Waals surface area (Å²) < 4.78 is 0. The molecule has 22 heavy (non-hydrogen) atoms. The highest BCUT2D eigenvalue weighted by molar-refractivity contribution is 5.73. The molecule has 6 nitrogen and oxygen atoms in total. The predicted octanol–water partition coefficient (Wildman–Crippen LogP) is 1.74. The molecule has 124 valence electrons. The monoisotopic (exact) mass is 308 g/mol. The number of pyridine rings is 1. The molecule has 2 unspecified atom stereocenters. The second-order valence-corrected chi connectivity index (χ2v) is 6.08. The molecular formula is C16H28N4O2. The van der Waals surface area contributed by atoms with Crippen molar-refractivity contribution in [1.82, 2.24) is 15.6 Å². The first-order valence-corrected chi connectivity index (χ1v) is 7.63. The van der Waals surface area contributed by atoms with Crippen molar-refractivity contribution in [3.05, 3.63) is 23.9 Å². The van der Waals surface area contributed by atoms with E-state index in [0.29, 0.717) is 6.54 Å². The fourth-order valence-electron chi connectivity index (χ4n) is 1.92. The van der Waals surface area contributed by atoms with Crippen LogP contribution in [0.1, 0.15) is 32.9 Å². The molecule has 0 saturated heterocycles. The van der Waals surface area contributed by atoms with Crippen LogP contribution >= 0.6 is 0 Å². The van der Waals surface area contributed by atoms with Crippen LogP contribution in [0.25, 0.3) is 0 Å². The van der Waals surface area contributed by atoms with Crippen molar-refractivity contribution >= 4 is 11.8 Å². The smallest absolute Gasteiger partial charge is 0.315 e. The lowest BCUT2D eigenvalue weighted by atomic mass is 9.89. The summed E-state index contributed by atoms with van der Waals surface area (Å²) in [6.07, 6.45) is 0.859. The number of aromatic nitrogens is 1. The third-order valence-corrected chi connectivity index (χ3v) is 3.96. The molecule has 0 aliphatic rings. The lowest BCUT2D eigenvalue weighted by Crippen LogP contribution is -2.47. The van der Waals surface area contributed by atoms with E-state index in [1.807, 2.05) is 51.0 Å². The molecule has 0 spiro atoms. The number of carbonyl (C=O) groups is 1. The number of anilines is 1. The summed E-state index contributed by atoms with van der Waals surface area (Å²) in [6.45, 7) is 6.29. The Hall–Kier alpha value is -1.82. The van der Waals surface area contributed by atoms with Gasteiger partial charge in [0.25, 0.3) is 0 Å². The van der Waals surface area contributed by atoms with E-state index in [0.717, 1.165) is 17.9 Å². The van der Waals surface area contributed by atoms with Gasteiger partial charge in [-0.2, -0.15) is 0 Å². The minimum atomic E-state index is -0.908. The van der Waals surface area contributed by atoms with E-state index in [4.69, 9.17) is 0 Å². The standard InChI is InChI=1S/C16H28N4O2/c1-6-12(2)16(3,22)11-18-15(21)17-10-13-8-7-9-14(19-13)20(4)5/h7-9,12,22H,6,10-11H2,1-5H3,(H2,17,18,21). The first-order valence-electron chi connectivity index (χ1n) is 7.63. The number of urea groups is 1. The van der Waals surface area contributed by atoms with E-state index in [1.165, 1.54) is 0 Å². The van der Waals surface area contributed by atoms with Gasteiger partial charge in [0.05, 0.1) is 17.8 Å². The molecule has 3 N–H and O–H groups in total. The Morgan fingerprint density at radius 1 is 1.41 bits per heavy atom. The Balaban J connectivity index is 2.45. The maximum Gasteiger partial charge on any atom is 0.315 e. The summed E-state index contributed by atoms with van der Waals surface area (Å²) in [5.74, 6) is 0.964. The summed E-state index contributed by atoms with van der Waals surface area (Å²) in [4.78, 5) is 18.2. The fourth-order valence-corrected chi connectivity index (χ4v) is 1.92. The highest BCUT2D eigenvalue weighted by Gasteiger charge is 2.27. The number of aliphatic hydroxyl groups is 1. The van der Waals surface area contributed by atoms with Crippen molar-refractivity contribution in [2.75, 3.05) is 25.5 Å². The van der Waals surface area contributed by atoms with Gasteiger partial charge in [-0.1, -0.05) is 26.3 Å². The average molecular weight is 308 g/mol. The van der Waals surface area contributed by atoms with Crippen molar-refractivity contribution in [1.29, 1.82) is 0 Å². The van der Waals surface area contributed by atoms with Crippen molar-refractivity contribution in [3.63, 3.8) is 0 Å². The van der Waals surface area contributed by atoms with Gasteiger partial charge in [-0.15, -0.1) is 0 Å². The number of hydrogen-bond donors (Lipinski definition) is 3. The summed E-state index contributed by atoms with van der Waals surface area (Å²) in [7, 11) is 3.84. The first kappa shape index (κ1) is 18.2. The second-order valence-electron chi connectivity index (χ2n) is 6.08. The van der Waals surface area contributed by atoms with Crippen LogP contribution in [0, 0.1) is 5.92 Å². The minimum absolute atomic E-state index is 0.117. The number of nitrogens with zero attached hydrogens (tertiary/aromatic N) is 2. The van der Waals surface area contributed by atoms with Crippen LogP contribution in [0.15, 0.2) is 18.2 Å². The minimum Gasteiger partial charge on any atom is -0.388 e. The van der Waals surface area contributed by atoms with Crippen LogP contribution in [-0.2, 0) is 6.54 Å². The topological polar surface area (TPSA) is 77.5 Å². The lowest BCUT2D eigenvalue weighted by Gasteiger charge is -2.29. The molecule has 0 aliphatic heterocycles. The van der Waals surface area contributed by atoms with Crippen LogP contribution < -0.4 is 15.5 Å². The Labute approximate surface area is 132 Å². The van der Waals surface area contributed by atoms with Crippen LogP contribution in [-0.4, -0.2) is 42.4 Å². The van der Waals surface area contributed by atoms with Crippen LogP contribution in [0.5, 0.6) is 0 Å². The molecule has 1 aromatic rings. The molecule has 1 rings (SSSR count). The maximum absolute atomic E-state index is 11.8. The van der Waals surface area contributed by atoms with Crippen LogP contribution in [0.2, 0.25) is 0 Å². The van der Waals surface area contributed by atoms with Gasteiger partial charge in [-0.3, -0.25) is 0 Å². The number of rotatable bonds is 7. The molecule has 0 radical (unpaired) electrons. The lowest BCUT2D eigenvalue weighted by molar-refractivity contribution is 0.00790. The molecule has 0 aliphatic carbocycles. The quantitative estimate of drug-likeness (QED) is 0.717. The van der Waals surface area contributed by atoms with E-state index in [2.05, 4.69) is 15.6 Å². The van der Waals surface area contributed by atoms with E-state index in [-0.39, 0.29) is 18.5 Å². The molecule has 0 aromatic carbocycles. The third-order valence-electron chi connectivity index (χ3n) is 3.96. The van der Waals surface area contributed by atoms with Crippen LogP contribution in [0.4, 0.5) is 10.6 Å². The highest BCUT2D eigenvalue weighted by Crippen LogP contribution is 2.18. The Morgan fingerprint density at radius 2 is 2.09 bits per heavy atom. The SMILES string of the molecule is CCC(C)C(C)(O)CNC(=O)NCc1cccc(N(C)C)n1. The zero-order chi connectivity index (χ0) is 16.8. The summed E-state index contributed by atoms with van der Waals surface area (Å²) in [5.41, 5.74) is -0.120. The average Bonchev–Trinajstić information content (AvgIpc) is 2.50. The predicted molar refractivity (Wildman–Crippen MR) is 88.9 cm³/mol. The highest BCUT2D eigenvalue weighted by atomic mass is 16.3. The number of carbonyl (C=O) groups excluding carboxylic acids is 1. The zero-order valence-electron chi connectivity index (χ0n) is 14.2. The Bertz CT molecular complexity index is 489. The summed E-state index contributed by atoms with van der Waals surface area (Å²) in [5, 5.41) is 15.7. The molecule has 1 heterocycles. The fraction of sp³-hybridized carbons (Fsp3) is 0.625. The first-order chi connectivity index (χ1) is 10.3. The van der Waals surface area contributed by atoms with Gasteiger partial charge in [0.15, 0.2) is 0 Å². The van der Waals surface area contributed by atoms with Crippen LogP contribution in [0.3, 0.4) is 0 Å². The van der Waals surface area contributed by atoms with Gasteiger partial charge in [0.2, 0.25) is 0 Å². The Morgan fingerprint density at radius 3 is 2.68 bits per heavy atom. The van der Waals surface area contributed by atoms with Gasteiger partial charge < -0.3 is 20.6 Å². The molecule has 2 amide bonds. The van der Waals surface area contributed by atoms with Crippen molar-refractivity contribution in [2.24, 2.45) is 5.92 Å². The molecule has 1 aromatic heterocycles. The molecule has 2 atom stereocenters. The van der Waals surface area contributed by atoms with E-state index in [9.17, 15) is 9.90 Å². The van der Waals surface area contributed by atoms with E-state index >= 15 is 0 Å². The molecule has 6 heteroatoms. The Kier molecular flexibility index (Phi) is 6.61.